The Balaban J connectivity index is 2.47. The van der Waals surface area contributed by atoms with Gasteiger partial charge in [-0.05, 0) is 0 Å². The summed E-state index contributed by atoms with van der Waals surface area (Å²) in [7, 11) is 0. The zero-order valence-corrected chi connectivity index (χ0v) is 7.62. The third-order valence-electron chi connectivity index (χ3n) is 1.56. The predicted octanol–water partition coefficient (Wildman–Crippen LogP) is -1.35. The summed E-state index contributed by atoms with van der Waals surface area (Å²) >= 11 is 0. The molecule has 3 N–H and O–H groups in total. The largest absolute Gasteiger partial charge is 0.479 e. The van der Waals surface area contributed by atoms with E-state index in [1.54, 1.807) is 0 Å². The van der Waals surface area contributed by atoms with Gasteiger partial charge in [0.15, 0.2) is 6.10 Å². The number of amides is 1. The maximum Gasteiger partial charge on any atom is 0.334 e. The highest BCUT2D eigenvalue weighted by atomic mass is 16.4. The second kappa shape index (κ2) is 5.01. The van der Waals surface area contributed by atoms with Crippen molar-refractivity contribution in [1.82, 2.24) is 15.3 Å². The number of rotatable bonds is 4. The van der Waals surface area contributed by atoms with E-state index in [0.29, 0.717) is 0 Å². The van der Waals surface area contributed by atoms with Crippen molar-refractivity contribution in [3.8, 4) is 0 Å². The van der Waals surface area contributed by atoms with Crippen LogP contribution in [-0.4, -0.2) is 44.7 Å². The molecule has 0 saturated heterocycles. The molecule has 1 unspecified atom stereocenters. The smallest absolute Gasteiger partial charge is 0.334 e. The van der Waals surface area contributed by atoms with E-state index in [2.05, 4.69) is 15.3 Å². The number of hydrogen-bond donors (Lipinski definition) is 3. The Kier molecular flexibility index (Phi) is 3.69. The summed E-state index contributed by atoms with van der Waals surface area (Å²) in [6, 6.07) is 0. The van der Waals surface area contributed by atoms with E-state index in [0.717, 1.165) is 0 Å². The Morgan fingerprint density at radius 2 is 2.00 bits per heavy atom. The van der Waals surface area contributed by atoms with Gasteiger partial charge in [-0.1, -0.05) is 0 Å². The standard InChI is InChI=1S/C8H9N3O4/c12-6(8(14)15)3-11-7(13)5-1-9-4-10-2-5/h1-2,4,6,12H,3H2,(H,11,13)(H,14,15). The van der Waals surface area contributed by atoms with Crippen LogP contribution in [-0.2, 0) is 4.79 Å². The average Bonchev–Trinajstić information content (AvgIpc) is 2.26. The SMILES string of the molecule is O=C(NCC(O)C(=O)O)c1cncnc1. The van der Waals surface area contributed by atoms with E-state index in [4.69, 9.17) is 10.2 Å². The maximum atomic E-state index is 11.3. The number of carbonyl (C=O) groups is 2. The van der Waals surface area contributed by atoms with Crippen molar-refractivity contribution in [2.24, 2.45) is 0 Å². The van der Waals surface area contributed by atoms with Gasteiger partial charge in [0, 0.05) is 12.4 Å². The summed E-state index contributed by atoms with van der Waals surface area (Å²) < 4.78 is 0. The first-order chi connectivity index (χ1) is 7.11. The Bertz CT molecular complexity index is 354. The molecular weight excluding hydrogens is 202 g/mol. The first kappa shape index (κ1) is 11.1. The predicted molar refractivity (Wildman–Crippen MR) is 48.0 cm³/mol. The van der Waals surface area contributed by atoms with Gasteiger partial charge in [-0.15, -0.1) is 0 Å². The number of carboxylic acids is 1. The molecule has 1 aromatic heterocycles. The molecule has 0 radical (unpaired) electrons. The van der Waals surface area contributed by atoms with Crippen molar-refractivity contribution >= 4 is 11.9 Å². The third kappa shape index (κ3) is 3.31. The number of aliphatic hydroxyl groups is 1. The highest BCUT2D eigenvalue weighted by Gasteiger charge is 2.14. The molecule has 0 spiro atoms. The number of nitrogens with zero attached hydrogens (tertiary/aromatic N) is 2. The molecule has 0 saturated carbocycles. The van der Waals surface area contributed by atoms with Gasteiger partial charge in [0.1, 0.15) is 6.33 Å². The Morgan fingerprint density at radius 3 is 2.53 bits per heavy atom. The van der Waals surface area contributed by atoms with Gasteiger partial charge in [-0.3, -0.25) is 4.79 Å². The van der Waals surface area contributed by atoms with Crippen molar-refractivity contribution in [1.29, 1.82) is 0 Å². The molecule has 7 nitrogen and oxygen atoms in total. The molecule has 0 bridgehead atoms. The van der Waals surface area contributed by atoms with Gasteiger partial charge in [-0.25, -0.2) is 14.8 Å². The minimum absolute atomic E-state index is 0.204. The van der Waals surface area contributed by atoms with E-state index >= 15 is 0 Å². The molecular formula is C8H9N3O4. The lowest BCUT2D eigenvalue weighted by molar-refractivity contribution is -0.146. The second-order valence-corrected chi connectivity index (χ2v) is 2.69. The fraction of sp³-hybridized carbons (Fsp3) is 0.250. The first-order valence-corrected chi connectivity index (χ1v) is 4.05. The second-order valence-electron chi connectivity index (χ2n) is 2.69. The minimum atomic E-state index is -1.61. The molecule has 7 heteroatoms. The normalized spacial score (nSPS) is 11.8. The molecule has 0 fully saturated rings. The fourth-order valence-electron chi connectivity index (χ4n) is 0.795. The van der Waals surface area contributed by atoms with E-state index in [1.165, 1.54) is 18.7 Å². The van der Waals surface area contributed by atoms with Gasteiger partial charge in [0.25, 0.3) is 5.91 Å². The van der Waals surface area contributed by atoms with Crippen molar-refractivity contribution < 1.29 is 19.8 Å². The molecule has 1 aromatic rings. The van der Waals surface area contributed by atoms with Crippen molar-refractivity contribution in [3.05, 3.63) is 24.3 Å². The zero-order chi connectivity index (χ0) is 11.3. The van der Waals surface area contributed by atoms with Crippen LogP contribution in [0.5, 0.6) is 0 Å². The number of carboxylic acid groups (broad SMARTS) is 1. The number of aromatic nitrogens is 2. The minimum Gasteiger partial charge on any atom is -0.479 e. The van der Waals surface area contributed by atoms with Crippen molar-refractivity contribution in [2.45, 2.75) is 6.10 Å². The molecule has 15 heavy (non-hydrogen) atoms. The summed E-state index contributed by atoms with van der Waals surface area (Å²) in [5.41, 5.74) is 0.204. The topological polar surface area (TPSA) is 112 Å². The van der Waals surface area contributed by atoms with Gasteiger partial charge < -0.3 is 15.5 Å². The number of carbonyl (C=O) groups excluding carboxylic acids is 1. The first-order valence-electron chi connectivity index (χ1n) is 4.05. The molecule has 1 rings (SSSR count). The van der Waals surface area contributed by atoms with Gasteiger partial charge in [-0.2, -0.15) is 0 Å². The van der Waals surface area contributed by atoms with Crippen LogP contribution in [0.2, 0.25) is 0 Å². The van der Waals surface area contributed by atoms with Crippen LogP contribution in [0.4, 0.5) is 0 Å². The summed E-state index contributed by atoms with van der Waals surface area (Å²) in [5, 5.41) is 19.4. The summed E-state index contributed by atoms with van der Waals surface area (Å²) in [4.78, 5) is 28.7. The average molecular weight is 211 g/mol. The Hall–Kier alpha value is -2.02. The monoisotopic (exact) mass is 211 g/mol. The molecule has 1 atom stereocenters. The Labute approximate surface area is 84.8 Å². The highest BCUT2D eigenvalue weighted by Crippen LogP contribution is 1.92. The van der Waals surface area contributed by atoms with Crippen LogP contribution in [0.1, 0.15) is 10.4 Å². The Morgan fingerprint density at radius 1 is 1.40 bits per heavy atom. The van der Waals surface area contributed by atoms with Crippen LogP contribution in [0.3, 0.4) is 0 Å². The molecule has 1 heterocycles. The molecule has 1 amide bonds. The lowest BCUT2D eigenvalue weighted by atomic mass is 10.3. The van der Waals surface area contributed by atoms with Crippen molar-refractivity contribution in [2.75, 3.05) is 6.54 Å². The zero-order valence-electron chi connectivity index (χ0n) is 7.62. The van der Waals surface area contributed by atoms with Crippen LogP contribution in [0.25, 0.3) is 0 Å². The highest BCUT2D eigenvalue weighted by molar-refractivity contribution is 5.93. The summed E-state index contributed by atoms with van der Waals surface area (Å²) in [6.07, 6.45) is 2.23. The molecule has 80 valence electrons. The summed E-state index contributed by atoms with van der Waals surface area (Å²) in [5.74, 6) is -1.92. The van der Waals surface area contributed by atoms with Crippen LogP contribution in [0.15, 0.2) is 18.7 Å². The van der Waals surface area contributed by atoms with Crippen LogP contribution >= 0.6 is 0 Å². The third-order valence-corrected chi connectivity index (χ3v) is 1.56. The van der Waals surface area contributed by atoms with Crippen LogP contribution in [0, 0.1) is 0 Å². The number of aliphatic carboxylic acids is 1. The number of hydrogen-bond acceptors (Lipinski definition) is 5. The quantitative estimate of drug-likeness (QED) is 0.567. The van der Waals surface area contributed by atoms with Crippen LogP contribution < -0.4 is 5.32 Å². The lowest BCUT2D eigenvalue weighted by Crippen LogP contribution is -2.36. The number of nitrogens with one attached hydrogen (secondary N) is 1. The maximum absolute atomic E-state index is 11.3. The van der Waals surface area contributed by atoms with Gasteiger partial charge in [0.05, 0.1) is 12.1 Å². The molecule has 0 aliphatic rings. The van der Waals surface area contributed by atoms with E-state index < -0.39 is 18.0 Å². The number of aliphatic hydroxyl groups excluding tert-OH is 1. The van der Waals surface area contributed by atoms with Crippen molar-refractivity contribution in [3.63, 3.8) is 0 Å². The lowest BCUT2D eigenvalue weighted by Gasteiger charge is -2.06. The molecule has 0 aliphatic heterocycles. The van der Waals surface area contributed by atoms with Gasteiger partial charge >= 0.3 is 5.97 Å². The fourth-order valence-corrected chi connectivity index (χ4v) is 0.795. The molecule has 0 aliphatic carbocycles. The van der Waals surface area contributed by atoms with E-state index in [1.807, 2.05) is 0 Å². The molecule has 0 aromatic carbocycles. The van der Waals surface area contributed by atoms with E-state index in [-0.39, 0.29) is 12.1 Å². The van der Waals surface area contributed by atoms with Gasteiger partial charge in [0.2, 0.25) is 0 Å². The summed E-state index contributed by atoms with van der Waals surface area (Å²) in [6.45, 7) is -0.358. The van der Waals surface area contributed by atoms with E-state index in [9.17, 15) is 9.59 Å².